The van der Waals surface area contributed by atoms with Crippen LogP contribution in [0.3, 0.4) is 0 Å². The van der Waals surface area contributed by atoms with Crippen LogP contribution in [0.2, 0.25) is 0 Å². The number of rotatable bonds is 6. The number of benzene rings is 2. The summed E-state index contributed by atoms with van der Waals surface area (Å²) in [7, 11) is -3.80. The van der Waals surface area contributed by atoms with Gasteiger partial charge in [-0.1, -0.05) is 12.1 Å². The Morgan fingerprint density at radius 3 is 2.39 bits per heavy atom. The topological polar surface area (TPSA) is 87.6 Å². The molecule has 0 amide bonds. The Kier molecular flexibility index (Phi) is 6.37. The summed E-state index contributed by atoms with van der Waals surface area (Å²) in [5.41, 5.74) is -0.463. The van der Waals surface area contributed by atoms with Gasteiger partial charge < -0.3 is 14.2 Å². The molecule has 1 aliphatic heterocycles. The van der Waals surface area contributed by atoms with E-state index in [0.717, 1.165) is 24.6 Å². The van der Waals surface area contributed by atoms with Crippen molar-refractivity contribution in [2.45, 2.75) is 17.4 Å². The van der Waals surface area contributed by atoms with Crippen molar-refractivity contribution in [1.29, 1.82) is 0 Å². The fraction of sp³-hybridized carbons (Fsp3) is 0.273. The monoisotopic (exact) mass is 480 g/mol. The van der Waals surface area contributed by atoms with Gasteiger partial charge in [-0.2, -0.15) is 13.2 Å². The molecule has 1 saturated heterocycles. The molecule has 0 saturated carbocycles. The molecular formula is C22H19F3N2O5S. The highest BCUT2D eigenvalue weighted by Crippen LogP contribution is 2.34. The third-order valence-corrected chi connectivity index (χ3v) is 5.91. The first-order valence-electron chi connectivity index (χ1n) is 9.82. The van der Waals surface area contributed by atoms with E-state index in [0.29, 0.717) is 24.5 Å². The van der Waals surface area contributed by atoms with Gasteiger partial charge in [0.25, 0.3) is 0 Å². The van der Waals surface area contributed by atoms with Crippen LogP contribution in [0.25, 0.3) is 22.6 Å². The summed E-state index contributed by atoms with van der Waals surface area (Å²) in [6.07, 6.45) is -2.95. The number of hydrogen-bond donors (Lipinski definition) is 0. The minimum absolute atomic E-state index is 0.0189. The maximum atomic E-state index is 13.2. The van der Waals surface area contributed by atoms with Crippen LogP contribution in [-0.4, -0.2) is 50.8 Å². The molecular weight excluding hydrogens is 461 g/mol. The molecule has 2 heterocycles. The molecule has 0 bridgehead atoms. The van der Waals surface area contributed by atoms with Gasteiger partial charge in [0.2, 0.25) is 0 Å². The molecule has 0 atom stereocenters. The molecule has 0 N–H and O–H groups in total. The van der Waals surface area contributed by atoms with E-state index in [-0.39, 0.29) is 28.6 Å². The fourth-order valence-electron chi connectivity index (χ4n) is 3.20. The highest BCUT2D eigenvalue weighted by Gasteiger charge is 2.31. The zero-order valence-electron chi connectivity index (χ0n) is 17.4. The first-order valence-corrected chi connectivity index (χ1v) is 11.7. The van der Waals surface area contributed by atoms with Gasteiger partial charge in [0.1, 0.15) is 17.3 Å². The van der Waals surface area contributed by atoms with Crippen LogP contribution in [-0.2, 0) is 25.5 Å². The number of ether oxygens (including phenoxy) is 3. The summed E-state index contributed by atoms with van der Waals surface area (Å²) >= 11 is 0. The van der Waals surface area contributed by atoms with Crippen molar-refractivity contribution in [3.8, 4) is 28.4 Å². The van der Waals surface area contributed by atoms with Crippen LogP contribution >= 0.6 is 0 Å². The molecule has 3 aromatic rings. The van der Waals surface area contributed by atoms with Crippen molar-refractivity contribution in [3.05, 3.63) is 60.3 Å². The normalized spacial score (nSPS) is 15.0. The predicted molar refractivity (Wildman–Crippen MR) is 112 cm³/mol. The van der Waals surface area contributed by atoms with E-state index in [2.05, 4.69) is 9.97 Å². The van der Waals surface area contributed by atoms with Gasteiger partial charge in [-0.25, -0.2) is 18.4 Å². The van der Waals surface area contributed by atoms with Crippen molar-refractivity contribution in [3.63, 3.8) is 0 Å². The number of alkyl halides is 3. The van der Waals surface area contributed by atoms with Crippen LogP contribution in [0.1, 0.15) is 5.56 Å². The zero-order chi connectivity index (χ0) is 23.6. The van der Waals surface area contributed by atoms with Gasteiger partial charge in [0.15, 0.2) is 22.0 Å². The SMILES string of the molecule is CS(=O)(=O)c1cnc(-c2ccc(OCC3OCCO3)cc2)nc1-c1cccc(C(F)(F)F)c1. The molecule has 0 unspecified atom stereocenters. The van der Waals surface area contributed by atoms with Crippen LogP contribution in [0, 0.1) is 0 Å². The second-order valence-electron chi connectivity index (χ2n) is 7.26. The number of aromatic nitrogens is 2. The van der Waals surface area contributed by atoms with Crippen molar-refractivity contribution in [2.75, 3.05) is 26.1 Å². The fourth-order valence-corrected chi connectivity index (χ4v) is 3.96. The van der Waals surface area contributed by atoms with Gasteiger partial charge in [0, 0.05) is 17.4 Å². The van der Waals surface area contributed by atoms with Crippen LogP contribution in [0.4, 0.5) is 13.2 Å². The molecule has 0 aliphatic carbocycles. The van der Waals surface area contributed by atoms with Crippen molar-refractivity contribution >= 4 is 9.84 Å². The van der Waals surface area contributed by atoms with E-state index in [1.165, 1.54) is 12.1 Å². The summed E-state index contributed by atoms with van der Waals surface area (Å²) < 4.78 is 80.3. The van der Waals surface area contributed by atoms with Crippen molar-refractivity contribution in [2.24, 2.45) is 0 Å². The molecule has 0 radical (unpaired) electrons. The third kappa shape index (κ3) is 5.49. The first-order chi connectivity index (χ1) is 15.6. The second-order valence-corrected chi connectivity index (χ2v) is 9.25. The molecule has 2 aromatic carbocycles. The summed E-state index contributed by atoms with van der Waals surface area (Å²) in [6, 6.07) is 11.0. The maximum absolute atomic E-state index is 13.2. The Hall–Kier alpha value is -3.02. The summed E-state index contributed by atoms with van der Waals surface area (Å²) in [6.45, 7) is 1.25. The largest absolute Gasteiger partial charge is 0.488 e. The molecule has 33 heavy (non-hydrogen) atoms. The van der Waals surface area contributed by atoms with E-state index in [4.69, 9.17) is 14.2 Å². The quantitative estimate of drug-likeness (QED) is 0.527. The number of halogens is 3. The van der Waals surface area contributed by atoms with E-state index in [1.807, 2.05) is 0 Å². The van der Waals surface area contributed by atoms with E-state index >= 15 is 0 Å². The van der Waals surface area contributed by atoms with Crippen LogP contribution in [0.5, 0.6) is 5.75 Å². The Labute approximate surface area is 188 Å². The Morgan fingerprint density at radius 2 is 1.76 bits per heavy atom. The summed E-state index contributed by atoms with van der Waals surface area (Å²) in [5.74, 6) is 0.701. The van der Waals surface area contributed by atoms with E-state index in [1.54, 1.807) is 24.3 Å². The van der Waals surface area contributed by atoms with Gasteiger partial charge >= 0.3 is 6.18 Å². The molecule has 0 spiro atoms. The second kappa shape index (κ2) is 9.08. The lowest BCUT2D eigenvalue weighted by Crippen LogP contribution is -2.18. The lowest BCUT2D eigenvalue weighted by atomic mass is 10.1. The average Bonchev–Trinajstić information content (AvgIpc) is 3.30. The van der Waals surface area contributed by atoms with Gasteiger partial charge in [-0.05, 0) is 36.4 Å². The van der Waals surface area contributed by atoms with Crippen molar-refractivity contribution in [1.82, 2.24) is 9.97 Å². The average molecular weight is 480 g/mol. The minimum Gasteiger partial charge on any atom is -0.488 e. The van der Waals surface area contributed by atoms with Crippen LogP contribution in [0.15, 0.2) is 59.6 Å². The minimum atomic E-state index is -4.58. The lowest BCUT2D eigenvalue weighted by Gasteiger charge is -2.13. The molecule has 1 fully saturated rings. The molecule has 1 aliphatic rings. The standard InChI is InChI=1S/C22H19F3N2O5S/c1-33(28,29)18-12-26-21(27-20(18)15-3-2-4-16(11-15)22(23,24)25)14-5-7-17(8-6-14)32-13-19-30-9-10-31-19/h2-8,11-12,19H,9-10,13H2,1H3. The zero-order valence-corrected chi connectivity index (χ0v) is 18.2. The van der Waals surface area contributed by atoms with Gasteiger partial charge in [-0.3, -0.25) is 0 Å². The lowest BCUT2D eigenvalue weighted by molar-refractivity contribution is -0.137. The predicted octanol–water partition coefficient (Wildman–Crippen LogP) is 3.98. The third-order valence-electron chi connectivity index (χ3n) is 4.81. The number of hydrogen-bond acceptors (Lipinski definition) is 7. The smallest absolute Gasteiger partial charge is 0.416 e. The van der Waals surface area contributed by atoms with Gasteiger partial charge in [-0.15, -0.1) is 0 Å². The summed E-state index contributed by atoms with van der Waals surface area (Å²) in [4.78, 5) is 8.16. The highest BCUT2D eigenvalue weighted by molar-refractivity contribution is 7.90. The van der Waals surface area contributed by atoms with Crippen LogP contribution < -0.4 is 4.74 Å². The molecule has 7 nitrogen and oxygen atoms in total. The Bertz CT molecular complexity index is 1240. The number of sulfone groups is 1. The Morgan fingerprint density at radius 1 is 1.06 bits per heavy atom. The Balaban J connectivity index is 1.67. The van der Waals surface area contributed by atoms with Crippen molar-refractivity contribution < 1.29 is 35.8 Å². The molecule has 1 aromatic heterocycles. The van der Waals surface area contributed by atoms with Gasteiger partial charge in [0.05, 0.1) is 30.7 Å². The maximum Gasteiger partial charge on any atom is 0.416 e. The summed E-state index contributed by atoms with van der Waals surface area (Å²) in [5, 5.41) is 0. The molecule has 11 heteroatoms. The van der Waals surface area contributed by atoms with E-state index < -0.39 is 27.9 Å². The molecule has 174 valence electrons. The number of nitrogens with zero attached hydrogens (tertiary/aromatic N) is 2. The van der Waals surface area contributed by atoms with E-state index in [9.17, 15) is 21.6 Å². The highest BCUT2D eigenvalue weighted by atomic mass is 32.2. The first kappa shape index (κ1) is 23.1. The molecule has 4 rings (SSSR count).